The van der Waals surface area contributed by atoms with Gasteiger partial charge in [0, 0.05) is 29.2 Å². The van der Waals surface area contributed by atoms with Crippen molar-refractivity contribution in [1.29, 1.82) is 0 Å². The van der Waals surface area contributed by atoms with E-state index >= 15 is 0 Å². The molecule has 4 rings (SSSR count). The number of hydrogen-bond acceptors (Lipinski definition) is 8. The third-order valence-corrected chi connectivity index (χ3v) is 6.74. The number of carbonyl (C=O) groups is 4. The van der Waals surface area contributed by atoms with Crippen LogP contribution in [-0.4, -0.2) is 51.1 Å². The van der Waals surface area contributed by atoms with E-state index in [0.29, 0.717) is 23.0 Å². The molecule has 0 spiro atoms. The summed E-state index contributed by atoms with van der Waals surface area (Å²) in [5.41, 5.74) is 1.28. The van der Waals surface area contributed by atoms with E-state index in [2.05, 4.69) is 10.1 Å². The first-order valence-corrected chi connectivity index (χ1v) is 12.2. The van der Waals surface area contributed by atoms with Gasteiger partial charge in [-0.1, -0.05) is 29.8 Å². The summed E-state index contributed by atoms with van der Waals surface area (Å²) in [6.45, 7) is -0.369. The number of nitrogens with zero attached hydrogens (tertiary/aromatic N) is 3. The van der Waals surface area contributed by atoms with Crippen molar-refractivity contribution in [3.63, 3.8) is 0 Å². The fraction of sp³-hybridized carbons (Fsp3) is 0.120. The Labute approximate surface area is 225 Å². The van der Waals surface area contributed by atoms with Crippen molar-refractivity contribution in [3.8, 4) is 0 Å². The van der Waals surface area contributed by atoms with Crippen molar-refractivity contribution in [2.24, 2.45) is 0 Å². The molecule has 3 aromatic rings. The summed E-state index contributed by atoms with van der Waals surface area (Å²) < 4.78 is 6.36. The number of aromatic nitrogens is 1. The molecule has 1 saturated heterocycles. The molecule has 13 heteroatoms. The largest absolute Gasteiger partial charge is 0.465 e. The fourth-order valence-electron chi connectivity index (χ4n) is 3.69. The van der Waals surface area contributed by atoms with Crippen LogP contribution in [0.15, 0.2) is 65.7 Å². The Hall–Kier alpha value is -4.42. The average molecular weight is 555 g/mol. The summed E-state index contributed by atoms with van der Waals surface area (Å²) in [6, 6.07) is 13.9. The van der Waals surface area contributed by atoms with Crippen molar-refractivity contribution in [2.45, 2.75) is 6.54 Å². The van der Waals surface area contributed by atoms with Crippen LogP contribution < -0.4 is 5.32 Å². The molecule has 194 valence electrons. The smallest absolute Gasteiger partial charge is 0.339 e. The van der Waals surface area contributed by atoms with Crippen molar-refractivity contribution < 1.29 is 28.8 Å². The molecule has 0 aliphatic carbocycles. The number of nitro groups is 1. The Balaban J connectivity index is 1.47. The van der Waals surface area contributed by atoms with Crippen LogP contribution in [-0.2, 0) is 20.9 Å². The molecule has 1 aromatic heterocycles. The Bertz CT molecular complexity index is 1500. The average Bonchev–Trinajstić information content (AvgIpc) is 3.43. The maximum atomic E-state index is 12.9. The lowest BCUT2D eigenvalue weighted by Crippen LogP contribution is -2.36. The molecule has 0 radical (unpaired) electrons. The van der Waals surface area contributed by atoms with E-state index in [4.69, 9.17) is 11.6 Å². The zero-order valence-corrected chi connectivity index (χ0v) is 21.3. The fourth-order valence-corrected chi connectivity index (χ4v) is 4.71. The Morgan fingerprint density at radius 2 is 1.92 bits per heavy atom. The zero-order valence-electron chi connectivity index (χ0n) is 19.8. The number of thioether (sulfide) groups is 1. The van der Waals surface area contributed by atoms with Crippen LogP contribution in [0.3, 0.4) is 0 Å². The van der Waals surface area contributed by atoms with E-state index in [1.807, 2.05) is 0 Å². The molecule has 1 aliphatic heterocycles. The highest BCUT2D eigenvalue weighted by atomic mass is 35.5. The van der Waals surface area contributed by atoms with Gasteiger partial charge in [0.05, 0.1) is 34.1 Å². The number of amides is 3. The zero-order chi connectivity index (χ0) is 27.4. The summed E-state index contributed by atoms with van der Waals surface area (Å²) in [5.74, 6) is -2.00. The summed E-state index contributed by atoms with van der Waals surface area (Å²) in [7, 11) is 1.19. The molecule has 2 aromatic carbocycles. The topological polar surface area (TPSA) is 141 Å². The van der Waals surface area contributed by atoms with Crippen LogP contribution >= 0.6 is 23.4 Å². The van der Waals surface area contributed by atoms with Crippen LogP contribution in [0.4, 0.5) is 16.2 Å². The summed E-state index contributed by atoms with van der Waals surface area (Å²) in [4.78, 5) is 61.6. The summed E-state index contributed by atoms with van der Waals surface area (Å²) in [6.07, 6.45) is 3.20. The van der Waals surface area contributed by atoms with Gasteiger partial charge in [0.25, 0.3) is 16.8 Å². The number of imide groups is 1. The van der Waals surface area contributed by atoms with E-state index in [1.54, 1.807) is 41.1 Å². The molecule has 0 unspecified atom stereocenters. The quantitative estimate of drug-likeness (QED) is 0.185. The number of nitro benzene ring substituents is 1. The molecule has 0 atom stereocenters. The Kier molecular flexibility index (Phi) is 7.93. The minimum Gasteiger partial charge on any atom is -0.465 e. The number of benzene rings is 2. The predicted octanol–water partition coefficient (Wildman–Crippen LogP) is 4.56. The van der Waals surface area contributed by atoms with Gasteiger partial charge in [-0.25, -0.2) is 4.79 Å². The third-order valence-electron chi connectivity index (χ3n) is 5.50. The van der Waals surface area contributed by atoms with Gasteiger partial charge < -0.3 is 14.6 Å². The summed E-state index contributed by atoms with van der Waals surface area (Å²) in [5, 5.41) is 13.4. The van der Waals surface area contributed by atoms with E-state index in [0.717, 1.165) is 4.90 Å². The lowest BCUT2D eigenvalue weighted by molar-refractivity contribution is -0.385. The Morgan fingerprint density at radius 3 is 2.66 bits per heavy atom. The number of nitrogens with one attached hydrogen (secondary N) is 1. The molecule has 11 nitrogen and oxygen atoms in total. The lowest BCUT2D eigenvalue weighted by Gasteiger charge is -2.13. The molecule has 0 bridgehead atoms. The number of anilines is 1. The third kappa shape index (κ3) is 5.76. The van der Waals surface area contributed by atoms with Gasteiger partial charge in [-0.3, -0.25) is 29.4 Å². The maximum absolute atomic E-state index is 12.9. The number of ether oxygens (including phenoxy) is 1. The van der Waals surface area contributed by atoms with Gasteiger partial charge in [0.1, 0.15) is 6.54 Å². The molecule has 1 aliphatic rings. The first-order chi connectivity index (χ1) is 18.2. The molecule has 1 N–H and O–H groups in total. The van der Waals surface area contributed by atoms with Crippen molar-refractivity contribution >= 4 is 63.8 Å². The van der Waals surface area contributed by atoms with Crippen LogP contribution in [0.1, 0.15) is 21.6 Å². The molecular weight excluding hydrogens is 536 g/mol. The highest BCUT2D eigenvalue weighted by Crippen LogP contribution is 2.32. The number of carbonyl (C=O) groups excluding carboxylic acids is 4. The van der Waals surface area contributed by atoms with E-state index < -0.39 is 34.5 Å². The van der Waals surface area contributed by atoms with Gasteiger partial charge in [-0.15, -0.1) is 0 Å². The van der Waals surface area contributed by atoms with Crippen molar-refractivity contribution in [3.05, 3.63) is 97.7 Å². The van der Waals surface area contributed by atoms with Gasteiger partial charge >= 0.3 is 5.97 Å². The molecular formula is C25H19ClN4O7S. The monoisotopic (exact) mass is 554 g/mol. The molecule has 1 fully saturated rings. The normalized spacial score (nSPS) is 14.2. The number of para-hydroxylation sites is 1. The standard InChI is InChI=1S/C25H19ClN4O7S/c1-37-24(33)18-11-16(8-9-19(18)26)27-22(31)14-29-23(32)21(38-25(29)34)12-17-6-4-10-28(17)13-15-5-2-3-7-20(15)30(35)36/h2-12H,13-14H2,1H3,(H,27,31)/b21-12+. The number of methoxy groups -OCH3 is 1. The first-order valence-electron chi connectivity index (χ1n) is 11.0. The van der Waals surface area contributed by atoms with Gasteiger partial charge in [0.2, 0.25) is 5.91 Å². The van der Waals surface area contributed by atoms with Gasteiger partial charge in [-0.05, 0) is 48.2 Å². The number of esters is 1. The molecule has 0 saturated carbocycles. The SMILES string of the molecule is COC(=O)c1cc(NC(=O)CN2C(=O)S/C(=C/c3cccn3Cc3ccccc3[N+](=O)[O-])C2=O)ccc1Cl. The van der Waals surface area contributed by atoms with Crippen LogP contribution in [0.5, 0.6) is 0 Å². The van der Waals surface area contributed by atoms with Gasteiger partial charge in [-0.2, -0.15) is 0 Å². The number of halogens is 1. The second kappa shape index (κ2) is 11.3. The van der Waals surface area contributed by atoms with E-state index in [-0.39, 0.29) is 33.4 Å². The Morgan fingerprint density at radius 1 is 1.16 bits per heavy atom. The first kappa shape index (κ1) is 26.6. The van der Waals surface area contributed by atoms with Crippen LogP contribution in [0.2, 0.25) is 5.02 Å². The van der Waals surface area contributed by atoms with Gasteiger partial charge in [0.15, 0.2) is 0 Å². The lowest BCUT2D eigenvalue weighted by atomic mass is 10.2. The van der Waals surface area contributed by atoms with Crippen molar-refractivity contribution in [1.82, 2.24) is 9.47 Å². The van der Waals surface area contributed by atoms with Crippen LogP contribution in [0.25, 0.3) is 6.08 Å². The van der Waals surface area contributed by atoms with E-state index in [9.17, 15) is 29.3 Å². The molecule has 3 amide bonds. The maximum Gasteiger partial charge on any atom is 0.339 e. The molecule has 38 heavy (non-hydrogen) atoms. The predicted molar refractivity (Wildman–Crippen MR) is 141 cm³/mol. The highest BCUT2D eigenvalue weighted by molar-refractivity contribution is 8.18. The van der Waals surface area contributed by atoms with Crippen LogP contribution in [0, 0.1) is 10.1 Å². The number of rotatable bonds is 8. The van der Waals surface area contributed by atoms with Crippen molar-refractivity contribution in [2.75, 3.05) is 19.0 Å². The second-order valence-electron chi connectivity index (χ2n) is 7.95. The highest BCUT2D eigenvalue weighted by Gasteiger charge is 2.36. The summed E-state index contributed by atoms with van der Waals surface area (Å²) >= 11 is 6.66. The second-order valence-corrected chi connectivity index (χ2v) is 9.35. The minimum atomic E-state index is -0.686. The molecule has 2 heterocycles. The number of hydrogen-bond donors (Lipinski definition) is 1. The van der Waals surface area contributed by atoms with E-state index in [1.165, 1.54) is 37.5 Å². The minimum absolute atomic E-state index is 0.0297.